The Balaban J connectivity index is 1.59. The third-order valence-corrected chi connectivity index (χ3v) is 9.37. The van der Waals surface area contributed by atoms with Crippen LogP contribution in [0.2, 0.25) is 0 Å². The van der Waals surface area contributed by atoms with Crippen molar-refractivity contribution in [3.63, 3.8) is 0 Å². The first-order chi connectivity index (χ1) is 22.8. The van der Waals surface area contributed by atoms with Crippen LogP contribution in [-0.2, 0) is 19.7 Å². The minimum Gasteiger partial charge on any atom is -0.324 e. The molecule has 0 bridgehead atoms. The first-order valence-electron chi connectivity index (χ1n) is 14.5. The molecule has 0 saturated heterocycles. The Labute approximate surface area is 278 Å². The second kappa shape index (κ2) is 14.1. The molecule has 0 fully saturated rings. The summed E-state index contributed by atoms with van der Waals surface area (Å²) in [5.74, 6) is 0.136. The lowest BCUT2D eigenvalue weighted by Gasteiger charge is -2.16. The van der Waals surface area contributed by atoms with Gasteiger partial charge < -0.3 is 5.32 Å². The van der Waals surface area contributed by atoms with Gasteiger partial charge in [0.1, 0.15) is 5.82 Å². The van der Waals surface area contributed by atoms with Gasteiger partial charge in [-0.05, 0) is 79.1 Å². The number of benzene rings is 4. The second-order valence-corrected chi connectivity index (χ2v) is 14.9. The summed E-state index contributed by atoms with van der Waals surface area (Å²) in [4.78, 5) is 9.73. The molecule has 1 aromatic heterocycles. The minimum atomic E-state index is -3.36. The Hall–Kier alpha value is -5.47. The number of rotatable bonds is 11. The van der Waals surface area contributed by atoms with Gasteiger partial charge in [0.25, 0.3) is 0 Å². The number of aromatic nitrogens is 2. The van der Waals surface area contributed by atoms with Crippen LogP contribution >= 0.6 is 0 Å². The van der Waals surface area contributed by atoms with Gasteiger partial charge in [-0.2, -0.15) is 20.2 Å². The average molecular weight is 686 g/mol. The zero-order valence-electron chi connectivity index (χ0n) is 26.4. The van der Waals surface area contributed by atoms with Gasteiger partial charge in [0.15, 0.2) is 31.3 Å². The van der Waals surface area contributed by atoms with Crippen LogP contribution in [-0.4, -0.2) is 50.7 Å². The summed E-state index contributed by atoms with van der Waals surface area (Å²) in [5.41, 5.74) is 9.87. The fourth-order valence-corrected chi connectivity index (χ4v) is 5.80. The van der Waals surface area contributed by atoms with Crippen LogP contribution in [0.25, 0.3) is 11.1 Å². The number of sulfone groups is 2. The highest BCUT2D eigenvalue weighted by atomic mass is 32.2. The van der Waals surface area contributed by atoms with Gasteiger partial charge >= 0.3 is 0 Å². The topological polar surface area (TPSA) is 155 Å². The maximum atomic E-state index is 14.6. The average Bonchev–Trinajstić information content (AvgIpc) is 3.05. The molecule has 3 N–H and O–H groups in total. The molecule has 0 radical (unpaired) electrons. The summed E-state index contributed by atoms with van der Waals surface area (Å²) in [6.07, 6.45) is 2.28. The van der Waals surface area contributed by atoms with Crippen LogP contribution in [0.1, 0.15) is 25.0 Å². The molecule has 14 heteroatoms. The van der Waals surface area contributed by atoms with Crippen molar-refractivity contribution >= 4 is 54.4 Å². The summed E-state index contributed by atoms with van der Waals surface area (Å²) >= 11 is 0. The molecule has 5 rings (SSSR count). The number of nitrogens with one attached hydrogen (secondary N) is 3. The molecule has 246 valence electrons. The van der Waals surface area contributed by atoms with Crippen molar-refractivity contribution in [1.82, 2.24) is 9.97 Å². The van der Waals surface area contributed by atoms with E-state index < -0.39 is 25.5 Å². The van der Waals surface area contributed by atoms with Crippen LogP contribution in [0.4, 0.5) is 27.7 Å². The van der Waals surface area contributed by atoms with Crippen LogP contribution in [0, 0.1) is 5.82 Å². The van der Waals surface area contributed by atoms with E-state index in [1.54, 1.807) is 50.2 Å². The number of anilines is 4. The molecule has 0 spiro atoms. The van der Waals surface area contributed by atoms with Crippen molar-refractivity contribution in [2.75, 3.05) is 28.7 Å². The zero-order valence-corrected chi connectivity index (χ0v) is 28.1. The third-order valence-electron chi connectivity index (χ3n) is 7.11. The lowest BCUT2D eigenvalue weighted by molar-refractivity contribution is 0.600. The van der Waals surface area contributed by atoms with Crippen molar-refractivity contribution in [3.8, 4) is 11.1 Å². The van der Waals surface area contributed by atoms with Gasteiger partial charge in [-0.1, -0.05) is 54.6 Å². The Morgan fingerprint density at radius 3 is 1.56 bits per heavy atom. The van der Waals surface area contributed by atoms with E-state index in [2.05, 4.69) is 36.3 Å². The Morgan fingerprint density at radius 1 is 0.646 bits per heavy atom. The van der Waals surface area contributed by atoms with Crippen LogP contribution in [0.3, 0.4) is 0 Å². The van der Waals surface area contributed by atoms with E-state index in [1.165, 1.54) is 36.4 Å². The Morgan fingerprint density at radius 2 is 1.12 bits per heavy atom. The van der Waals surface area contributed by atoms with Crippen LogP contribution in [0.15, 0.2) is 123 Å². The molecule has 0 aliphatic heterocycles. The molecular weight excluding hydrogens is 654 g/mol. The molecule has 0 saturated carbocycles. The first kappa shape index (κ1) is 33.9. The molecule has 1 heterocycles. The number of nitrogens with zero attached hydrogens (tertiary/aromatic N) is 4. The number of para-hydroxylation sites is 1. The fourth-order valence-electron chi connectivity index (χ4n) is 4.54. The van der Waals surface area contributed by atoms with E-state index in [0.29, 0.717) is 39.4 Å². The molecular formula is C34H32FN7O4S2. The zero-order chi connectivity index (χ0) is 34.5. The lowest BCUT2D eigenvalue weighted by Crippen LogP contribution is -2.09. The van der Waals surface area contributed by atoms with Gasteiger partial charge in [0, 0.05) is 18.2 Å². The Bertz CT molecular complexity index is 2110. The van der Waals surface area contributed by atoms with Gasteiger partial charge in [-0.25, -0.2) is 21.2 Å². The quantitative estimate of drug-likeness (QED) is 0.104. The highest BCUT2D eigenvalue weighted by Gasteiger charge is 2.18. The van der Waals surface area contributed by atoms with E-state index in [9.17, 15) is 21.2 Å². The smallest absolute Gasteiger partial charge is 0.231 e. The summed E-state index contributed by atoms with van der Waals surface area (Å²) in [6.45, 7) is 3.49. The molecule has 5 aromatic rings. The van der Waals surface area contributed by atoms with Gasteiger partial charge in [0.2, 0.25) is 5.95 Å². The number of hydrogen-bond donors (Lipinski definition) is 3. The predicted octanol–water partition coefficient (Wildman–Crippen LogP) is 6.51. The number of hydrazone groups is 2. The van der Waals surface area contributed by atoms with Crippen molar-refractivity contribution < 1.29 is 21.2 Å². The van der Waals surface area contributed by atoms with Gasteiger partial charge in [-0.15, -0.1) is 0 Å². The number of halogens is 1. The molecule has 0 amide bonds. The summed E-state index contributed by atoms with van der Waals surface area (Å²) in [5, 5.41) is 12.2. The first-order valence-corrected chi connectivity index (χ1v) is 18.3. The van der Waals surface area contributed by atoms with Gasteiger partial charge in [0.05, 0.1) is 26.8 Å². The van der Waals surface area contributed by atoms with Crippen molar-refractivity contribution in [2.24, 2.45) is 10.2 Å². The normalized spacial score (nSPS) is 12.4. The van der Waals surface area contributed by atoms with Crippen LogP contribution in [0.5, 0.6) is 0 Å². The maximum Gasteiger partial charge on any atom is 0.231 e. The molecule has 0 aliphatic carbocycles. The molecule has 4 aromatic carbocycles. The van der Waals surface area contributed by atoms with Crippen LogP contribution < -0.4 is 16.2 Å². The highest BCUT2D eigenvalue weighted by Crippen LogP contribution is 2.35. The summed E-state index contributed by atoms with van der Waals surface area (Å²) in [7, 11) is -6.73. The van der Waals surface area contributed by atoms with E-state index >= 15 is 0 Å². The van der Waals surface area contributed by atoms with Crippen molar-refractivity contribution in [2.45, 2.75) is 23.6 Å². The van der Waals surface area contributed by atoms with E-state index in [4.69, 9.17) is 0 Å². The lowest BCUT2D eigenvalue weighted by atomic mass is 10.1. The molecule has 0 aliphatic rings. The van der Waals surface area contributed by atoms with Crippen molar-refractivity contribution in [3.05, 3.63) is 120 Å². The standard InChI is InChI=1S/C34H32FN7O4S2/c1-22(24-13-17-29(18-14-24)47(3,43)44)39-41-32-31(26-9-8-10-27(35)21-26)33(38-34(37-32)36-28-11-6-5-7-12-28)42-40-23(2)25-15-19-30(20-16-25)48(4,45)46/h5-21H,1-4H3,(H3,36,37,38,41,42). The summed E-state index contributed by atoms with van der Waals surface area (Å²) < 4.78 is 62.2. The van der Waals surface area contributed by atoms with Gasteiger partial charge in [-0.3, -0.25) is 10.9 Å². The predicted molar refractivity (Wildman–Crippen MR) is 188 cm³/mol. The van der Waals surface area contributed by atoms with Crippen molar-refractivity contribution in [1.29, 1.82) is 0 Å². The highest BCUT2D eigenvalue weighted by molar-refractivity contribution is 7.91. The van der Waals surface area contributed by atoms with E-state index in [0.717, 1.165) is 12.5 Å². The molecule has 11 nitrogen and oxygen atoms in total. The summed E-state index contributed by atoms with van der Waals surface area (Å²) in [6, 6.07) is 27.8. The Kier molecular flexibility index (Phi) is 9.96. The minimum absolute atomic E-state index is 0.182. The SMILES string of the molecule is CC(=NNc1nc(Nc2ccccc2)nc(NN=C(C)c2ccc(S(C)(=O)=O)cc2)c1-c1cccc(F)c1)c1ccc(S(C)(=O)=O)cc1. The van der Waals surface area contributed by atoms with E-state index in [-0.39, 0.29) is 27.4 Å². The number of hydrogen-bond acceptors (Lipinski definition) is 11. The maximum absolute atomic E-state index is 14.6. The third kappa shape index (κ3) is 8.46. The monoisotopic (exact) mass is 685 g/mol. The van der Waals surface area contributed by atoms with E-state index in [1.807, 2.05) is 30.3 Å². The second-order valence-electron chi connectivity index (χ2n) is 10.8. The fraction of sp³-hybridized carbons (Fsp3) is 0.118. The largest absolute Gasteiger partial charge is 0.324 e. The molecule has 0 atom stereocenters. The molecule has 0 unspecified atom stereocenters. The molecule has 48 heavy (non-hydrogen) atoms.